The van der Waals surface area contributed by atoms with Crippen LogP contribution in [0.2, 0.25) is 0 Å². The first-order valence-corrected chi connectivity index (χ1v) is 10.6. The van der Waals surface area contributed by atoms with Gasteiger partial charge in [0.1, 0.15) is 5.60 Å². The van der Waals surface area contributed by atoms with Crippen molar-refractivity contribution in [1.29, 1.82) is 0 Å². The van der Waals surface area contributed by atoms with E-state index in [1.807, 2.05) is 26.8 Å². The van der Waals surface area contributed by atoms with E-state index in [4.69, 9.17) is 4.74 Å². The van der Waals surface area contributed by atoms with Gasteiger partial charge in [0.25, 0.3) is 0 Å². The quantitative estimate of drug-likeness (QED) is 0.619. The summed E-state index contributed by atoms with van der Waals surface area (Å²) in [5.41, 5.74) is 3.05. The van der Waals surface area contributed by atoms with Gasteiger partial charge in [0.2, 0.25) is 5.91 Å². The van der Waals surface area contributed by atoms with Gasteiger partial charge in [0.15, 0.2) is 0 Å². The number of aryl methyl sites for hydroxylation is 2. The van der Waals surface area contributed by atoms with E-state index < -0.39 is 17.8 Å². The van der Waals surface area contributed by atoms with E-state index in [0.717, 1.165) is 31.2 Å². The lowest BCUT2D eigenvalue weighted by molar-refractivity contribution is -0.119. The molecular formula is C23H38N2O4. The fourth-order valence-electron chi connectivity index (χ4n) is 3.12. The van der Waals surface area contributed by atoms with Crippen molar-refractivity contribution in [3.05, 3.63) is 34.9 Å². The third-order valence-electron chi connectivity index (χ3n) is 4.35. The van der Waals surface area contributed by atoms with E-state index in [1.165, 1.54) is 23.0 Å². The Morgan fingerprint density at radius 2 is 1.76 bits per heavy atom. The van der Waals surface area contributed by atoms with Crippen molar-refractivity contribution in [2.24, 2.45) is 0 Å². The van der Waals surface area contributed by atoms with Crippen LogP contribution in [0, 0.1) is 0 Å². The van der Waals surface area contributed by atoms with Gasteiger partial charge in [0, 0.05) is 20.0 Å². The second-order valence-corrected chi connectivity index (χ2v) is 8.55. The Hall–Kier alpha value is -2.08. The molecule has 6 nitrogen and oxygen atoms in total. The molecule has 0 aromatic heterocycles. The molecular weight excluding hydrogens is 368 g/mol. The van der Waals surface area contributed by atoms with E-state index >= 15 is 0 Å². The number of hydrogen-bond donors (Lipinski definition) is 2. The van der Waals surface area contributed by atoms with Crippen LogP contribution in [0.3, 0.4) is 0 Å². The number of nitrogens with zero attached hydrogens (tertiary/aromatic N) is 1. The average Bonchev–Trinajstić information content (AvgIpc) is 2.60. The summed E-state index contributed by atoms with van der Waals surface area (Å²) >= 11 is 0. The third kappa shape index (κ3) is 9.79. The maximum Gasteiger partial charge on any atom is 0.410 e. The minimum atomic E-state index is -0.874. The smallest absolute Gasteiger partial charge is 0.410 e. The van der Waals surface area contributed by atoms with Gasteiger partial charge >= 0.3 is 6.09 Å². The van der Waals surface area contributed by atoms with Gasteiger partial charge in [0.05, 0.1) is 12.6 Å². The summed E-state index contributed by atoms with van der Waals surface area (Å²) in [6.07, 6.45) is 2.84. The number of ether oxygens (including phenoxy) is 1. The van der Waals surface area contributed by atoms with Gasteiger partial charge in [-0.2, -0.15) is 0 Å². The average molecular weight is 407 g/mol. The summed E-state index contributed by atoms with van der Waals surface area (Å²) in [6.45, 7) is 11.7. The molecule has 2 N–H and O–H groups in total. The van der Waals surface area contributed by atoms with Gasteiger partial charge in [-0.3, -0.25) is 4.79 Å². The van der Waals surface area contributed by atoms with Gasteiger partial charge in [-0.1, -0.05) is 44.9 Å². The van der Waals surface area contributed by atoms with Crippen LogP contribution in [0.15, 0.2) is 18.2 Å². The zero-order valence-corrected chi connectivity index (χ0v) is 18.9. The summed E-state index contributed by atoms with van der Waals surface area (Å²) in [7, 11) is 0. The molecule has 0 fully saturated rings. The normalized spacial score (nSPS) is 12.4. The third-order valence-corrected chi connectivity index (χ3v) is 4.35. The number of aliphatic hydroxyl groups is 1. The number of rotatable bonds is 10. The molecule has 1 atom stereocenters. The van der Waals surface area contributed by atoms with E-state index in [1.54, 1.807) is 0 Å². The highest BCUT2D eigenvalue weighted by atomic mass is 16.6. The van der Waals surface area contributed by atoms with Gasteiger partial charge < -0.3 is 20.1 Å². The molecule has 1 aromatic carbocycles. The summed E-state index contributed by atoms with van der Waals surface area (Å²) in [5.74, 6) is -0.219. The van der Waals surface area contributed by atoms with Crippen molar-refractivity contribution in [1.82, 2.24) is 10.2 Å². The van der Waals surface area contributed by atoms with E-state index in [9.17, 15) is 14.7 Å². The number of nitrogens with one attached hydrogen (secondary N) is 1. The zero-order chi connectivity index (χ0) is 22.0. The van der Waals surface area contributed by atoms with E-state index in [2.05, 4.69) is 31.3 Å². The highest BCUT2D eigenvalue weighted by Crippen LogP contribution is 2.19. The van der Waals surface area contributed by atoms with Crippen molar-refractivity contribution in [2.45, 2.75) is 85.5 Å². The predicted octanol–water partition coefficient (Wildman–Crippen LogP) is 3.83. The van der Waals surface area contributed by atoms with E-state index in [-0.39, 0.29) is 19.0 Å². The Labute approximate surface area is 175 Å². The van der Waals surface area contributed by atoms with Crippen LogP contribution < -0.4 is 5.32 Å². The molecule has 0 saturated carbocycles. The monoisotopic (exact) mass is 406 g/mol. The van der Waals surface area contributed by atoms with Gasteiger partial charge in [-0.25, -0.2) is 4.79 Å². The molecule has 0 aliphatic heterocycles. The van der Waals surface area contributed by atoms with E-state index in [0.29, 0.717) is 6.54 Å². The first-order valence-electron chi connectivity index (χ1n) is 10.6. The molecule has 0 unspecified atom stereocenters. The van der Waals surface area contributed by atoms with Crippen molar-refractivity contribution in [3.8, 4) is 0 Å². The molecule has 0 spiro atoms. The molecule has 0 radical (unpaired) electrons. The Morgan fingerprint density at radius 3 is 2.31 bits per heavy atom. The number of amides is 2. The SMILES string of the molecule is CCCc1ccc(CN(C[C@@H](O)CNC(C)=O)C(=O)OC(C)(C)C)cc1CCC. The highest BCUT2D eigenvalue weighted by molar-refractivity contribution is 5.72. The number of benzene rings is 1. The molecule has 0 aliphatic rings. The minimum Gasteiger partial charge on any atom is -0.444 e. The highest BCUT2D eigenvalue weighted by Gasteiger charge is 2.24. The molecule has 0 bridgehead atoms. The van der Waals surface area contributed by atoms with Crippen molar-refractivity contribution in [3.63, 3.8) is 0 Å². The van der Waals surface area contributed by atoms with Crippen LogP contribution in [-0.4, -0.2) is 46.8 Å². The lowest BCUT2D eigenvalue weighted by atomic mass is 9.97. The first-order chi connectivity index (χ1) is 13.6. The summed E-state index contributed by atoms with van der Waals surface area (Å²) in [4.78, 5) is 25.3. The molecule has 1 aromatic rings. The number of carbonyl (C=O) groups excluding carboxylic acids is 2. The Bertz CT molecular complexity index is 667. The van der Waals surface area contributed by atoms with Crippen LogP contribution in [0.5, 0.6) is 0 Å². The molecule has 29 heavy (non-hydrogen) atoms. The molecule has 6 heteroatoms. The number of aliphatic hydroxyl groups excluding tert-OH is 1. The summed E-state index contributed by atoms with van der Waals surface area (Å²) in [6, 6.07) is 6.35. The van der Waals surface area contributed by atoms with Gasteiger partial charge in [-0.05, 0) is 50.3 Å². The minimum absolute atomic E-state index is 0.0784. The van der Waals surface area contributed by atoms with Crippen molar-refractivity contribution in [2.75, 3.05) is 13.1 Å². The molecule has 0 heterocycles. The fraction of sp³-hybridized carbons (Fsp3) is 0.652. The predicted molar refractivity (Wildman–Crippen MR) is 116 cm³/mol. The van der Waals surface area contributed by atoms with Crippen molar-refractivity contribution < 1.29 is 19.4 Å². The number of carbonyl (C=O) groups is 2. The van der Waals surface area contributed by atoms with Crippen LogP contribution >= 0.6 is 0 Å². The molecule has 2 amide bonds. The Kier molecular flexibility index (Phi) is 10.2. The molecule has 1 rings (SSSR count). The molecule has 0 aliphatic carbocycles. The zero-order valence-electron chi connectivity index (χ0n) is 18.9. The topological polar surface area (TPSA) is 78.9 Å². The second kappa shape index (κ2) is 11.8. The number of hydrogen-bond acceptors (Lipinski definition) is 4. The van der Waals surface area contributed by atoms with Gasteiger partial charge in [-0.15, -0.1) is 0 Å². The standard InChI is InChI=1S/C23H38N2O4/c1-7-9-19-12-11-18(13-20(19)10-8-2)15-25(22(28)29-23(4,5)6)16-21(27)14-24-17(3)26/h11-13,21,27H,7-10,14-16H2,1-6H3,(H,24,26)/t21-/m0/s1. The molecule has 0 saturated heterocycles. The Morgan fingerprint density at radius 1 is 1.14 bits per heavy atom. The lowest BCUT2D eigenvalue weighted by Crippen LogP contribution is -2.44. The summed E-state index contributed by atoms with van der Waals surface area (Å²) < 4.78 is 5.53. The maximum atomic E-state index is 12.7. The second-order valence-electron chi connectivity index (χ2n) is 8.55. The van der Waals surface area contributed by atoms with Crippen LogP contribution in [0.1, 0.15) is 71.1 Å². The lowest BCUT2D eigenvalue weighted by Gasteiger charge is -2.29. The van der Waals surface area contributed by atoms with Crippen LogP contribution in [0.4, 0.5) is 4.79 Å². The van der Waals surface area contributed by atoms with Crippen LogP contribution in [-0.2, 0) is 28.9 Å². The maximum absolute atomic E-state index is 12.7. The fourth-order valence-corrected chi connectivity index (χ4v) is 3.12. The largest absolute Gasteiger partial charge is 0.444 e. The molecule has 164 valence electrons. The van der Waals surface area contributed by atoms with Crippen LogP contribution in [0.25, 0.3) is 0 Å². The summed E-state index contributed by atoms with van der Waals surface area (Å²) in [5, 5.41) is 12.9. The van der Waals surface area contributed by atoms with Crippen molar-refractivity contribution >= 4 is 12.0 Å². The Balaban J connectivity index is 3.01. The first kappa shape index (κ1) is 25.0.